The highest BCUT2D eigenvalue weighted by atomic mass is 16.5. The summed E-state index contributed by atoms with van der Waals surface area (Å²) in [6, 6.07) is 15.5. The highest BCUT2D eigenvalue weighted by molar-refractivity contribution is 5.77. The van der Waals surface area contributed by atoms with Gasteiger partial charge in [-0.15, -0.1) is 0 Å². The van der Waals surface area contributed by atoms with E-state index < -0.39 is 0 Å². The quantitative estimate of drug-likeness (QED) is 0.650. The lowest BCUT2D eigenvalue weighted by Gasteiger charge is -2.36. The first-order valence-electron chi connectivity index (χ1n) is 10.2. The monoisotopic (exact) mass is 406 g/mol. The first-order valence-corrected chi connectivity index (χ1v) is 10.2. The van der Waals surface area contributed by atoms with Crippen LogP contribution in [0.5, 0.6) is 5.75 Å². The van der Waals surface area contributed by atoms with Gasteiger partial charge in [-0.25, -0.2) is 4.98 Å². The highest BCUT2D eigenvalue weighted by Gasteiger charge is 2.22. The van der Waals surface area contributed by atoms with Crippen LogP contribution >= 0.6 is 0 Å². The van der Waals surface area contributed by atoms with Gasteiger partial charge in [0.25, 0.3) is 5.56 Å². The standard InChI is InChI=1S/C23H26N4O3/c1-25-21-6-4-3-5-19(21)24-20(23(25)29)11-12-22(28)27-15-13-26(14-16-27)17-7-9-18(30-2)10-8-17/h3-10H,11-16H2,1-2H3. The molecule has 0 bridgehead atoms. The third-order valence-electron chi connectivity index (χ3n) is 5.70. The van der Waals surface area contributed by atoms with Gasteiger partial charge in [0.15, 0.2) is 0 Å². The van der Waals surface area contributed by atoms with Gasteiger partial charge >= 0.3 is 0 Å². The van der Waals surface area contributed by atoms with Crippen molar-refractivity contribution in [2.45, 2.75) is 12.8 Å². The van der Waals surface area contributed by atoms with E-state index in [0.29, 0.717) is 31.6 Å². The fourth-order valence-corrected chi connectivity index (χ4v) is 3.89. The van der Waals surface area contributed by atoms with Crippen LogP contribution in [0.4, 0.5) is 5.69 Å². The van der Waals surface area contributed by atoms with Crippen LogP contribution in [0, 0.1) is 0 Å². The van der Waals surface area contributed by atoms with Crippen LogP contribution < -0.4 is 15.2 Å². The number of rotatable bonds is 5. The van der Waals surface area contributed by atoms with Crippen LogP contribution in [0.1, 0.15) is 12.1 Å². The molecule has 2 heterocycles. The molecule has 0 saturated carbocycles. The van der Waals surface area contributed by atoms with Gasteiger partial charge in [0.1, 0.15) is 11.4 Å². The third kappa shape index (κ3) is 4.01. The van der Waals surface area contributed by atoms with E-state index in [9.17, 15) is 9.59 Å². The fraction of sp³-hybridized carbons (Fsp3) is 0.348. The molecule has 30 heavy (non-hydrogen) atoms. The highest BCUT2D eigenvalue weighted by Crippen LogP contribution is 2.20. The minimum Gasteiger partial charge on any atom is -0.497 e. The number of anilines is 1. The first kappa shape index (κ1) is 19.9. The number of hydrogen-bond acceptors (Lipinski definition) is 5. The van der Waals surface area contributed by atoms with Gasteiger partial charge in [-0.05, 0) is 36.4 Å². The van der Waals surface area contributed by atoms with Crippen molar-refractivity contribution in [1.29, 1.82) is 0 Å². The number of nitrogens with zero attached hydrogens (tertiary/aromatic N) is 4. The van der Waals surface area contributed by atoms with Gasteiger partial charge in [0, 0.05) is 51.8 Å². The average molecular weight is 406 g/mol. The Kier molecular flexibility index (Phi) is 5.70. The van der Waals surface area contributed by atoms with Crippen molar-refractivity contribution in [2.24, 2.45) is 7.05 Å². The van der Waals surface area contributed by atoms with E-state index in [4.69, 9.17) is 4.74 Å². The molecule has 0 unspecified atom stereocenters. The summed E-state index contributed by atoms with van der Waals surface area (Å²) in [6.07, 6.45) is 0.651. The zero-order chi connectivity index (χ0) is 21.1. The zero-order valence-corrected chi connectivity index (χ0v) is 17.4. The number of piperazine rings is 1. The predicted octanol–water partition coefficient (Wildman–Crippen LogP) is 2.22. The molecule has 0 atom stereocenters. The van der Waals surface area contributed by atoms with Gasteiger partial charge in [-0.3, -0.25) is 9.59 Å². The van der Waals surface area contributed by atoms with E-state index >= 15 is 0 Å². The SMILES string of the molecule is COc1ccc(N2CCN(C(=O)CCc3nc4ccccc4n(C)c3=O)CC2)cc1. The molecule has 1 fully saturated rings. The molecule has 7 nitrogen and oxygen atoms in total. The number of para-hydroxylation sites is 2. The van der Waals surface area contributed by atoms with Crippen LogP contribution in [0.3, 0.4) is 0 Å². The lowest BCUT2D eigenvalue weighted by atomic mass is 10.2. The van der Waals surface area contributed by atoms with Gasteiger partial charge < -0.3 is 19.1 Å². The minimum absolute atomic E-state index is 0.0707. The molecule has 0 radical (unpaired) electrons. The molecule has 2 aromatic carbocycles. The Morgan fingerprint density at radius 2 is 1.73 bits per heavy atom. The van der Waals surface area contributed by atoms with Gasteiger partial charge in [-0.2, -0.15) is 0 Å². The molecule has 1 aliphatic heterocycles. The van der Waals surface area contributed by atoms with Crippen LogP contribution in [-0.2, 0) is 18.3 Å². The number of ether oxygens (including phenoxy) is 1. The van der Waals surface area contributed by atoms with E-state index in [0.717, 1.165) is 35.6 Å². The smallest absolute Gasteiger partial charge is 0.272 e. The molecular formula is C23H26N4O3. The Hall–Kier alpha value is -3.35. The number of aromatic nitrogens is 2. The van der Waals surface area contributed by atoms with E-state index in [1.54, 1.807) is 18.7 Å². The van der Waals surface area contributed by atoms with E-state index in [1.807, 2.05) is 53.4 Å². The fourth-order valence-electron chi connectivity index (χ4n) is 3.89. The third-order valence-corrected chi connectivity index (χ3v) is 5.70. The number of amides is 1. The molecule has 1 saturated heterocycles. The summed E-state index contributed by atoms with van der Waals surface area (Å²) in [5.41, 5.74) is 3.02. The van der Waals surface area contributed by atoms with Crippen molar-refractivity contribution in [1.82, 2.24) is 14.5 Å². The maximum absolute atomic E-state index is 12.7. The first-order chi connectivity index (χ1) is 14.6. The van der Waals surface area contributed by atoms with Gasteiger partial charge in [0.05, 0.1) is 18.1 Å². The van der Waals surface area contributed by atoms with E-state index in [1.165, 1.54) is 0 Å². The zero-order valence-electron chi connectivity index (χ0n) is 17.4. The summed E-state index contributed by atoms with van der Waals surface area (Å²) in [6.45, 7) is 2.92. The van der Waals surface area contributed by atoms with Crippen molar-refractivity contribution in [3.8, 4) is 5.75 Å². The summed E-state index contributed by atoms with van der Waals surface area (Å²) in [5.74, 6) is 0.905. The van der Waals surface area contributed by atoms with Gasteiger partial charge in [0.2, 0.25) is 5.91 Å². The van der Waals surface area contributed by atoms with Crippen LogP contribution in [0.15, 0.2) is 53.3 Å². The van der Waals surface area contributed by atoms with E-state index in [2.05, 4.69) is 9.88 Å². The van der Waals surface area contributed by atoms with Crippen LogP contribution in [0.25, 0.3) is 11.0 Å². The second-order valence-electron chi connectivity index (χ2n) is 7.48. The Morgan fingerprint density at radius 3 is 2.43 bits per heavy atom. The molecule has 0 spiro atoms. The molecule has 4 rings (SSSR count). The number of aryl methyl sites for hydroxylation is 2. The Morgan fingerprint density at radius 1 is 1.03 bits per heavy atom. The number of fused-ring (bicyclic) bond motifs is 1. The second kappa shape index (κ2) is 8.57. The maximum Gasteiger partial charge on any atom is 0.272 e. The van der Waals surface area contributed by atoms with Crippen LogP contribution in [-0.4, -0.2) is 53.6 Å². The topological polar surface area (TPSA) is 67.7 Å². The van der Waals surface area contributed by atoms with Crippen molar-refractivity contribution < 1.29 is 9.53 Å². The Balaban J connectivity index is 1.36. The predicted molar refractivity (Wildman–Crippen MR) is 117 cm³/mol. The lowest BCUT2D eigenvalue weighted by molar-refractivity contribution is -0.131. The van der Waals surface area contributed by atoms with Crippen molar-refractivity contribution in [3.63, 3.8) is 0 Å². The minimum atomic E-state index is -0.133. The van der Waals surface area contributed by atoms with E-state index in [-0.39, 0.29) is 11.5 Å². The Labute approximate surface area is 175 Å². The molecule has 7 heteroatoms. The van der Waals surface area contributed by atoms with Gasteiger partial charge in [-0.1, -0.05) is 12.1 Å². The molecule has 1 amide bonds. The molecule has 1 aromatic heterocycles. The van der Waals surface area contributed by atoms with Crippen LogP contribution in [0.2, 0.25) is 0 Å². The molecule has 0 aliphatic carbocycles. The number of methoxy groups -OCH3 is 1. The molecular weight excluding hydrogens is 380 g/mol. The van der Waals surface area contributed by atoms with Crippen molar-refractivity contribution in [2.75, 3.05) is 38.2 Å². The lowest BCUT2D eigenvalue weighted by Crippen LogP contribution is -2.48. The Bertz CT molecular complexity index is 1100. The number of hydrogen-bond donors (Lipinski definition) is 0. The molecule has 156 valence electrons. The number of carbonyl (C=O) groups excluding carboxylic acids is 1. The summed E-state index contributed by atoms with van der Waals surface area (Å²) in [4.78, 5) is 33.9. The largest absolute Gasteiger partial charge is 0.497 e. The molecule has 3 aromatic rings. The number of carbonyl (C=O) groups is 1. The normalized spacial score (nSPS) is 14.2. The molecule has 0 N–H and O–H groups in total. The number of benzene rings is 2. The molecule has 1 aliphatic rings. The second-order valence-corrected chi connectivity index (χ2v) is 7.48. The summed E-state index contributed by atoms with van der Waals surface area (Å²) < 4.78 is 6.81. The van der Waals surface area contributed by atoms with Crippen molar-refractivity contribution in [3.05, 3.63) is 64.6 Å². The summed E-state index contributed by atoms with van der Waals surface area (Å²) in [7, 11) is 3.40. The summed E-state index contributed by atoms with van der Waals surface area (Å²) >= 11 is 0. The average Bonchev–Trinajstić information content (AvgIpc) is 2.80. The van der Waals surface area contributed by atoms with Crippen molar-refractivity contribution >= 4 is 22.6 Å². The maximum atomic E-state index is 12.7. The summed E-state index contributed by atoms with van der Waals surface area (Å²) in [5, 5.41) is 0.